The van der Waals surface area contributed by atoms with Crippen LogP contribution in [0.5, 0.6) is 0 Å². The fraction of sp³-hybridized carbons (Fsp3) is 0.733. The lowest BCUT2D eigenvalue weighted by Crippen LogP contribution is -2.50. The minimum absolute atomic E-state index is 0.199. The average Bonchev–Trinajstić information content (AvgIpc) is 3.28. The molecule has 0 unspecified atom stereocenters. The predicted octanol–water partition coefficient (Wildman–Crippen LogP) is 1.85. The number of aromatic nitrogens is 2. The van der Waals surface area contributed by atoms with Gasteiger partial charge in [0.15, 0.2) is 15.0 Å². The van der Waals surface area contributed by atoms with Crippen molar-refractivity contribution in [2.24, 2.45) is 0 Å². The maximum absolute atomic E-state index is 12.2. The second kappa shape index (κ2) is 5.89. The van der Waals surface area contributed by atoms with E-state index in [1.165, 1.54) is 18.0 Å². The number of morpholine rings is 1. The summed E-state index contributed by atoms with van der Waals surface area (Å²) in [6.45, 7) is 5.49. The molecule has 1 saturated carbocycles. The molecule has 2 atom stereocenters. The third-order valence-corrected chi connectivity index (χ3v) is 7.27. The molecule has 0 amide bonds. The van der Waals surface area contributed by atoms with Crippen LogP contribution in [0.1, 0.15) is 32.4 Å². The van der Waals surface area contributed by atoms with E-state index >= 15 is 0 Å². The molecule has 0 radical (unpaired) electrons. The molecule has 1 aliphatic carbocycles. The Morgan fingerprint density at radius 1 is 1.26 bits per heavy atom. The smallest absolute Gasteiger partial charge is 0.189 e. The lowest BCUT2D eigenvalue weighted by Gasteiger charge is -2.40. The lowest BCUT2D eigenvalue weighted by atomic mass is 10.1. The molecule has 0 aromatic carbocycles. The number of thioether (sulfide) groups is 1. The van der Waals surface area contributed by atoms with Crippen molar-refractivity contribution in [3.05, 3.63) is 11.8 Å². The van der Waals surface area contributed by atoms with Crippen LogP contribution in [0.2, 0.25) is 0 Å². The van der Waals surface area contributed by atoms with Crippen LogP contribution in [0.4, 0.5) is 5.82 Å². The molecular weight excluding hydrogens is 334 g/mol. The third kappa shape index (κ3) is 2.96. The summed E-state index contributed by atoms with van der Waals surface area (Å²) in [6.07, 6.45) is 4.50. The van der Waals surface area contributed by atoms with Crippen molar-refractivity contribution in [1.29, 1.82) is 0 Å². The summed E-state index contributed by atoms with van der Waals surface area (Å²) in [4.78, 5) is 11.4. The zero-order chi connectivity index (χ0) is 16.8. The SMILES string of the molecule is CSc1nc(N2[C@H](C)COC[C@@H]2C)cc(C2(S(C)(=O)=O)CC2)n1. The van der Waals surface area contributed by atoms with E-state index in [9.17, 15) is 8.42 Å². The van der Waals surface area contributed by atoms with E-state index < -0.39 is 14.6 Å². The minimum Gasteiger partial charge on any atom is -0.377 e. The first-order chi connectivity index (χ1) is 10.8. The van der Waals surface area contributed by atoms with Crippen LogP contribution in [-0.4, -0.2) is 56.2 Å². The van der Waals surface area contributed by atoms with Gasteiger partial charge in [0.1, 0.15) is 10.6 Å². The Labute approximate surface area is 141 Å². The van der Waals surface area contributed by atoms with E-state index in [2.05, 4.69) is 28.7 Å². The van der Waals surface area contributed by atoms with Gasteiger partial charge in [0.2, 0.25) is 0 Å². The first kappa shape index (κ1) is 17.0. The monoisotopic (exact) mass is 357 g/mol. The maximum Gasteiger partial charge on any atom is 0.189 e. The number of hydrogen-bond donors (Lipinski definition) is 0. The number of ether oxygens (including phenoxy) is 1. The molecule has 1 aromatic rings. The van der Waals surface area contributed by atoms with Crippen molar-refractivity contribution in [2.75, 3.05) is 30.6 Å². The van der Waals surface area contributed by atoms with Crippen molar-refractivity contribution in [3.63, 3.8) is 0 Å². The quantitative estimate of drug-likeness (QED) is 0.601. The average molecular weight is 358 g/mol. The third-order valence-electron chi connectivity index (χ3n) is 4.69. The van der Waals surface area contributed by atoms with Gasteiger partial charge in [-0.3, -0.25) is 0 Å². The first-order valence-corrected chi connectivity index (χ1v) is 10.9. The van der Waals surface area contributed by atoms with Gasteiger partial charge >= 0.3 is 0 Å². The molecule has 1 aromatic heterocycles. The summed E-state index contributed by atoms with van der Waals surface area (Å²) >= 11 is 1.44. The van der Waals surface area contributed by atoms with Gasteiger partial charge < -0.3 is 9.64 Å². The van der Waals surface area contributed by atoms with E-state index in [1.807, 2.05) is 12.3 Å². The molecule has 23 heavy (non-hydrogen) atoms. The summed E-state index contributed by atoms with van der Waals surface area (Å²) in [5.41, 5.74) is 0.639. The van der Waals surface area contributed by atoms with Gasteiger partial charge in [0.05, 0.1) is 31.0 Å². The van der Waals surface area contributed by atoms with Gasteiger partial charge in [-0.15, -0.1) is 0 Å². The lowest BCUT2D eigenvalue weighted by molar-refractivity contribution is 0.0751. The molecule has 2 fully saturated rings. The van der Waals surface area contributed by atoms with Crippen molar-refractivity contribution in [1.82, 2.24) is 9.97 Å². The Balaban J connectivity index is 2.07. The number of hydrogen-bond acceptors (Lipinski definition) is 7. The Kier molecular flexibility index (Phi) is 4.35. The van der Waals surface area contributed by atoms with Crippen molar-refractivity contribution < 1.29 is 13.2 Å². The van der Waals surface area contributed by atoms with Crippen LogP contribution in [0, 0.1) is 0 Å². The molecule has 8 heteroatoms. The normalized spacial score (nSPS) is 27.0. The Hall–Kier alpha value is -0.860. The van der Waals surface area contributed by atoms with Crippen LogP contribution >= 0.6 is 11.8 Å². The molecule has 3 rings (SSSR count). The largest absolute Gasteiger partial charge is 0.377 e. The maximum atomic E-state index is 12.2. The molecule has 6 nitrogen and oxygen atoms in total. The number of anilines is 1. The van der Waals surface area contributed by atoms with Gasteiger partial charge in [-0.25, -0.2) is 18.4 Å². The Morgan fingerprint density at radius 2 is 1.87 bits per heavy atom. The van der Waals surface area contributed by atoms with Crippen molar-refractivity contribution >= 4 is 27.4 Å². The Morgan fingerprint density at radius 3 is 2.35 bits per heavy atom. The van der Waals surface area contributed by atoms with E-state index in [1.54, 1.807) is 0 Å². The van der Waals surface area contributed by atoms with Gasteiger partial charge in [-0.2, -0.15) is 0 Å². The number of rotatable bonds is 4. The van der Waals surface area contributed by atoms with Crippen LogP contribution in [0.25, 0.3) is 0 Å². The van der Waals surface area contributed by atoms with E-state index in [-0.39, 0.29) is 12.1 Å². The first-order valence-electron chi connectivity index (χ1n) is 7.78. The van der Waals surface area contributed by atoms with Gasteiger partial charge in [-0.05, 0) is 32.9 Å². The van der Waals surface area contributed by atoms with Crippen LogP contribution in [-0.2, 0) is 19.3 Å². The standard InChI is InChI=1S/C15H23N3O3S2/c1-10-8-21-9-11(2)18(10)13-7-12(16-14(17-13)22-3)15(5-6-15)23(4,19)20/h7,10-11H,5-6,8-9H2,1-4H3/t10-,11+. The molecule has 0 bridgehead atoms. The molecule has 0 spiro atoms. The molecule has 2 aliphatic rings. The summed E-state index contributed by atoms with van der Waals surface area (Å²) in [5.74, 6) is 0.803. The van der Waals surface area contributed by atoms with Crippen LogP contribution < -0.4 is 4.90 Å². The topological polar surface area (TPSA) is 72.4 Å². The van der Waals surface area contributed by atoms with Crippen molar-refractivity contribution in [3.8, 4) is 0 Å². The Bertz CT molecular complexity index is 694. The molecule has 2 heterocycles. The molecule has 1 aliphatic heterocycles. The summed E-state index contributed by atoms with van der Waals surface area (Å²) in [6, 6.07) is 2.26. The van der Waals surface area contributed by atoms with E-state index in [0.717, 1.165) is 5.82 Å². The fourth-order valence-corrected chi connectivity index (χ4v) is 4.96. The highest BCUT2D eigenvalue weighted by Crippen LogP contribution is 2.52. The molecule has 128 valence electrons. The fourth-order valence-electron chi connectivity index (χ4n) is 3.26. The predicted molar refractivity (Wildman–Crippen MR) is 91.8 cm³/mol. The molecular formula is C15H23N3O3S2. The van der Waals surface area contributed by atoms with Gasteiger partial charge in [0.25, 0.3) is 0 Å². The van der Waals surface area contributed by atoms with E-state index in [4.69, 9.17) is 4.74 Å². The highest BCUT2D eigenvalue weighted by atomic mass is 32.2. The summed E-state index contributed by atoms with van der Waals surface area (Å²) in [7, 11) is -3.19. The van der Waals surface area contributed by atoms with Crippen LogP contribution in [0.3, 0.4) is 0 Å². The summed E-state index contributed by atoms with van der Waals surface area (Å²) in [5, 5.41) is 0.623. The zero-order valence-corrected chi connectivity index (χ0v) is 15.6. The second-order valence-electron chi connectivity index (χ2n) is 6.51. The van der Waals surface area contributed by atoms with Crippen molar-refractivity contribution in [2.45, 2.75) is 48.7 Å². The molecule has 0 N–H and O–H groups in total. The highest BCUT2D eigenvalue weighted by molar-refractivity contribution is 7.98. The highest BCUT2D eigenvalue weighted by Gasteiger charge is 2.55. The minimum atomic E-state index is -3.19. The van der Waals surface area contributed by atoms with Gasteiger partial charge in [0, 0.05) is 12.3 Å². The summed E-state index contributed by atoms with van der Waals surface area (Å²) < 4.78 is 29.2. The zero-order valence-electron chi connectivity index (χ0n) is 13.9. The van der Waals surface area contributed by atoms with E-state index in [0.29, 0.717) is 36.9 Å². The number of nitrogens with zero attached hydrogens (tertiary/aromatic N) is 3. The number of sulfone groups is 1. The molecule has 1 saturated heterocycles. The van der Waals surface area contributed by atoms with Gasteiger partial charge in [-0.1, -0.05) is 11.8 Å². The second-order valence-corrected chi connectivity index (χ2v) is 9.61. The van der Waals surface area contributed by atoms with Crippen LogP contribution in [0.15, 0.2) is 11.2 Å².